The molecule has 2 aliphatic rings. The number of hydrogen-bond acceptors (Lipinski definition) is 3. The molecule has 2 heterocycles. The van der Waals surface area contributed by atoms with E-state index in [0.29, 0.717) is 20.0 Å². The van der Waals surface area contributed by atoms with Crippen LogP contribution >= 0.6 is 0 Å². The predicted molar refractivity (Wildman–Crippen MR) is 99.7 cm³/mol. The lowest BCUT2D eigenvalue weighted by Gasteiger charge is -2.37. The molecule has 1 N–H and O–H groups in total. The van der Waals surface area contributed by atoms with Gasteiger partial charge in [-0.05, 0) is 43.7 Å². The number of anilines is 1. The predicted octanol–water partition coefficient (Wildman–Crippen LogP) is 2.67. The van der Waals surface area contributed by atoms with Gasteiger partial charge in [0.15, 0.2) is 0 Å². The van der Waals surface area contributed by atoms with Crippen molar-refractivity contribution in [3.05, 3.63) is 30.3 Å². The van der Waals surface area contributed by atoms with Gasteiger partial charge in [-0.3, -0.25) is 9.59 Å². The van der Waals surface area contributed by atoms with Crippen molar-refractivity contribution in [2.24, 2.45) is 5.92 Å². The van der Waals surface area contributed by atoms with Crippen LogP contribution in [-0.4, -0.2) is 54.9 Å². The van der Waals surface area contributed by atoms with Crippen LogP contribution in [0.4, 0.5) is 14.5 Å². The molecule has 1 aromatic carbocycles. The summed E-state index contributed by atoms with van der Waals surface area (Å²) in [4.78, 5) is 28.5. The number of alkyl halides is 2. The number of halogens is 2. The van der Waals surface area contributed by atoms with E-state index in [4.69, 9.17) is 0 Å². The van der Waals surface area contributed by atoms with E-state index < -0.39 is 11.8 Å². The second-order valence-electron chi connectivity index (χ2n) is 7.58. The van der Waals surface area contributed by atoms with E-state index in [1.54, 1.807) is 0 Å². The monoisotopic (exact) mass is 379 g/mol. The Morgan fingerprint density at radius 1 is 1.15 bits per heavy atom. The number of amides is 2. The van der Waals surface area contributed by atoms with Crippen LogP contribution in [0.15, 0.2) is 30.3 Å². The Bertz CT molecular complexity index is 663. The summed E-state index contributed by atoms with van der Waals surface area (Å²) in [6.07, 6.45) is 3.46. The van der Waals surface area contributed by atoms with Crippen LogP contribution < -0.4 is 10.2 Å². The first-order valence-corrected chi connectivity index (χ1v) is 9.63. The van der Waals surface area contributed by atoms with Crippen molar-refractivity contribution in [2.75, 3.05) is 31.1 Å². The standard InChI is InChI=1S/C20H27F2N3O2/c1-20(21,22)19(27)23-13-15-7-5-11-24(14-15)18(26)17-10-6-12-25(17)16-8-3-2-4-9-16/h2-4,8-9,15,17H,5-7,10-14H2,1H3,(H,23,27). The van der Waals surface area contributed by atoms with E-state index in [0.717, 1.165) is 37.9 Å². The lowest BCUT2D eigenvalue weighted by atomic mass is 9.97. The second-order valence-corrected chi connectivity index (χ2v) is 7.58. The maximum atomic E-state index is 13.1. The molecule has 0 aromatic heterocycles. The lowest BCUT2D eigenvalue weighted by molar-refractivity contribution is -0.143. The number of likely N-dealkylation sites (tertiary alicyclic amines) is 1. The fraction of sp³-hybridized carbons (Fsp3) is 0.600. The third kappa shape index (κ3) is 4.76. The normalized spacial score (nSPS) is 23.4. The molecule has 2 unspecified atom stereocenters. The molecule has 2 fully saturated rings. The minimum Gasteiger partial charge on any atom is -0.360 e. The van der Waals surface area contributed by atoms with Gasteiger partial charge in [-0.1, -0.05) is 18.2 Å². The van der Waals surface area contributed by atoms with Crippen molar-refractivity contribution < 1.29 is 18.4 Å². The van der Waals surface area contributed by atoms with Crippen molar-refractivity contribution in [1.82, 2.24) is 10.2 Å². The molecule has 0 radical (unpaired) electrons. The van der Waals surface area contributed by atoms with Crippen LogP contribution in [0.1, 0.15) is 32.6 Å². The number of nitrogens with one attached hydrogen (secondary N) is 1. The van der Waals surface area contributed by atoms with Crippen LogP contribution in [0.2, 0.25) is 0 Å². The lowest BCUT2D eigenvalue weighted by Crippen LogP contribution is -2.51. The number of piperidine rings is 1. The van der Waals surface area contributed by atoms with Crippen LogP contribution in [0, 0.1) is 5.92 Å². The summed E-state index contributed by atoms with van der Waals surface area (Å²) >= 11 is 0. The van der Waals surface area contributed by atoms with E-state index in [-0.39, 0.29) is 24.4 Å². The Morgan fingerprint density at radius 2 is 1.85 bits per heavy atom. The molecule has 2 saturated heterocycles. The van der Waals surface area contributed by atoms with E-state index in [9.17, 15) is 18.4 Å². The quantitative estimate of drug-likeness (QED) is 0.856. The largest absolute Gasteiger partial charge is 0.360 e. The van der Waals surface area contributed by atoms with Gasteiger partial charge in [0.25, 0.3) is 5.91 Å². The highest BCUT2D eigenvalue weighted by atomic mass is 19.3. The first kappa shape index (κ1) is 19.6. The summed E-state index contributed by atoms with van der Waals surface area (Å²) in [6.45, 7) is 2.83. The molecule has 0 aliphatic carbocycles. The van der Waals surface area contributed by atoms with Crippen molar-refractivity contribution in [3.63, 3.8) is 0 Å². The summed E-state index contributed by atoms with van der Waals surface area (Å²) in [6, 6.07) is 9.77. The third-order valence-electron chi connectivity index (χ3n) is 5.41. The maximum Gasteiger partial charge on any atom is 0.321 e. The highest BCUT2D eigenvalue weighted by molar-refractivity contribution is 5.86. The average molecular weight is 379 g/mol. The zero-order chi connectivity index (χ0) is 19.4. The molecule has 2 aliphatic heterocycles. The minimum atomic E-state index is -3.37. The Kier molecular flexibility index (Phi) is 5.97. The van der Waals surface area contributed by atoms with Crippen LogP contribution in [0.3, 0.4) is 0 Å². The van der Waals surface area contributed by atoms with Gasteiger partial charge in [-0.2, -0.15) is 8.78 Å². The van der Waals surface area contributed by atoms with Gasteiger partial charge < -0.3 is 15.1 Å². The second kappa shape index (κ2) is 8.23. The number of benzene rings is 1. The molecular weight excluding hydrogens is 352 g/mol. The number of carbonyl (C=O) groups is 2. The first-order chi connectivity index (χ1) is 12.9. The fourth-order valence-electron chi connectivity index (χ4n) is 3.99. The average Bonchev–Trinajstić information content (AvgIpc) is 3.15. The zero-order valence-electron chi connectivity index (χ0n) is 15.7. The Labute approximate surface area is 158 Å². The summed E-state index contributed by atoms with van der Waals surface area (Å²) in [5.41, 5.74) is 1.05. The molecule has 2 atom stereocenters. The van der Waals surface area contributed by atoms with Crippen LogP contribution in [0.25, 0.3) is 0 Å². The molecule has 3 rings (SSSR count). The van der Waals surface area contributed by atoms with E-state index >= 15 is 0 Å². The summed E-state index contributed by atoms with van der Waals surface area (Å²) in [5.74, 6) is -4.50. The molecule has 1 aromatic rings. The Hall–Kier alpha value is -2.18. The van der Waals surface area contributed by atoms with E-state index in [1.165, 1.54) is 0 Å². The van der Waals surface area contributed by atoms with Gasteiger partial charge >= 0.3 is 5.92 Å². The molecule has 0 saturated carbocycles. The SMILES string of the molecule is CC(F)(F)C(=O)NCC1CCCN(C(=O)C2CCCN2c2ccccc2)C1. The van der Waals surface area contributed by atoms with Crippen LogP contribution in [0.5, 0.6) is 0 Å². The third-order valence-corrected chi connectivity index (χ3v) is 5.41. The van der Waals surface area contributed by atoms with Gasteiger partial charge in [0.1, 0.15) is 6.04 Å². The molecule has 5 nitrogen and oxygen atoms in total. The van der Waals surface area contributed by atoms with Crippen LogP contribution in [-0.2, 0) is 9.59 Å². The Morgan fingerprint density at radius 3 is 2.56 bits per heavy atom. The molecule has 0 spiro atoms. The highest BCUT2D eigenvalue weighted by Gasteiger charge is 2.36. The van der Waals surface area contributed by atoms with E-state index in [2.05, 4.69) is 10.2 Å². The van der Waals surface area contributed by atoms with Crippen molar-refractivity contribution in [3.8, 4) is 0 Å². The van der Waals surface area contributed by atoms with E-state index in [1.807, 2.05) is 35.2 Å². The summed E-state index contributed by atoms with van der Waals surface area (Å²) in [5, 5.41) is 2.32. The number of rotatable bonds is 5. The number of carbonyl (C=O) groups excluding carboxylic acids is 2. The summed E-state index contributed by atoms with van der Waals surface area (Å²) < 4.78 is 26.0. The van der Waals surface area contributed by atoms with Gasteiger partial charge in [-0.15, -0.1) is 0 Å². The topological polar surface area (TPSA) is 52.7 Å². The number of nitrogens with zero attached hydrogens (tertiary/aromatic N) is 2. The maximum absolute atomic E-state index is 13.1. The molecule has 0 bridgehead atoms. The van der Waals surface area contributed by atoms with Crippen molar-refractivity contribution >= 4 is 17.5 Å². The smallest absolute Gasteiger partial charge is 0.321 e. The van der Waals surface area contributed by atoms with Gasteiger partial charge in [-0.25, -0.2) is 0 Å². The molecule has 27 heavy (non-hydrogen) atoms. The summed E-state index contributed by atoms with van der Waals surface area (Å²) in [7, 11) is 0. The number of hydrogen-bond donors (Lipinski definition) is 1. The van der Waals surface area contributed by atoms with Crippen molar-refractivity contribution in [2.45, 2.75) is 44.6 Å². The molecule has 2 amide bonds. The Balaban J connectivity index is 1.59. The molecule has 148 valence electrons. The molecular formula is C20H27F2N3O2. The van der Waals surface area contributed by atoms with Crippen molar-refractivity contribution in [1.29, 1.82) is 0 Å². The first-order valence-electron chi connectivity index (χ1n) is 9.63. The van der Waals surface area contributed by atoms with Gasteiger partial charge in [0.2, 0.25) is 5.91 Å². The number of para-hydroxylation sites is 1. The minimum absolute atomic E-state index is 0.0144. The zero-order valence-corrected chi connectivity index (χ0v) is 15.7. The highest BCUT2D eigenvalue weighted by Crippen LogP contribution is 2.28. The molecule has 7 heteroatoms. The van der Waals surface area contributed by atoms with Gasteiger partial charge in [0.05, 0.1) is 0 Å². The van der Waals surface area contributed by atoms with Gasteiger partial charge in [0, 0.05) is 38.8 Å². The fourth-order valence-corrected chi connectivity index (χ4v) is 3.99.